The normalized spacial score (nSPS) is 13.8. The highest BCUT2D eigenvalue weighted by atomic mass is 16.5. The topological polar surface area (TPSA) is 76.4 Å². The summed E-state index contributed by atoms with van der Waals surface area (Å²) in [4.78, 5) is 16.4. The van der Waals surface area contributed by atoms with E-state index in [1.165, 1.54) is 0 Å². The number of benzene rings is 2. The van der Waals surface area contributed by atoms with Gasteiger partial charge in [-0.2, -0.15) is 0 Å². The summed E-state index contributed by atoms with van der Waals surface area (Å²) in [6.45, 7) is 3.59. The molecule has 2 aromatic carbocycles. The molecule has 1 atom stereocenters. The summed E-state index contributed by atoms with van der Waals surface area (Å²) in [7, 11) is 0. The number of carboxylic acids is 1. The molecule has 34 heavy (non-hydrogen) atoms. The molecular formula is C28H29N3O3. The number of hydrogen-bond donors (Lipinski definition) is 2. The number of pyridine rings is 1. The minimum absolute atomic E-state index is 0.0226. The second-order valence-electron chi connectivity index (χ2n) is 8.90. The van der Waals surface area contributed by atoms with Gasteiger partial charge in [0.2, 0.25) is 0 Å². The lowest BCUT2D eigenvalue weighted by Crippen LogP contribution is -2.14. The molecule has 1 unspecified atom stereocenters. The number of hydrogen-bond acceptors (Lipinski definition) is 4. The summed E-state index contributed by atoms with van der Waals surface area (Å²) in [5.41, 5.74) is 6.44. The molecule has 0 saturated carbocycles. The summed E-state index contributed by atoms with van der Waals surface area (Å²) < 4.78 is 8.09. The van der Waals surface area contributed by atoms with E-state index in [9.17, 15) is 9.90 Å². The third kappa shape index (κ3) is 4.76. The molecule has 3 heterocycles. The van der Waals surface area contributed by atoms with Crippen molar-refractivity contribution in [2.24, 2.45) is 0 Å². The van der Waals surface area contributed by atoms with Crippen LogP contribution in [0.3, 0.4) is 0 Å². The average molecular weight is 456 g/mol. The molecule has 0 amide bonds. The number of aromatic nitrogens is 2. The third-order valence-corrected chi connectivity index (χ3v) is 6.39. The fourth-order valence-electron chi connectivity index (χ4n) is 4.71. The van der Waals surface area contributed by atoms with Gasteiger partial charge < -0.3 is 19.7 Å². The predicted molar refractivity (Wildman–Crippen MR) is 134 cm³/mol. The summed E-state index contributed by atoms with van der Waals surface area (Å²) in [5, 5.41) is 14.0. The zero-order chi connectivity index (χ0) is 23.5. The zero-order valence-corrected chi connectivity index (χ0v) is 19.3. The number of anilines is 1. The maximum absolute atomic E-state index is 11.6. The molecule has 2 N–H and O–H groups in total. The van der Waals surface area contributed by atoms with E-state index < -0.39 is 5.97 Å². The zero-order valence-electron chi connectivity index (χ0n) is 19.3. The Hall–Kier alpha value is -3.80. The lowest BCUT2D eigenvalue weighted by atomic mass is 10.0. The number of carbonyl (C=O) groups is 1. The number of carboxylic acid groups (broad SMARTS) is 1. The maximum atomic E-state index is 11.6. The first-order valence-corrected chi connectivity index (χ1v) is 11.8. The van der Waals surface area contributed by atoms with Gasteiger partial charge in [-0.05, 0) is 61.7 Å². The van der Waals surface area contributed by atoms with Crippen LogP contribution in [0.4, 0.5) is 5.69 Å². The summed E-state index contributed by atoms with van der Waals surface area (Å²) in [6.07, 6.45) is 4.89. The Morgan fingerprint density at radius 3 is 2.94 bits per heavy atom. The lowest BCUT2D eigenvalue weighted by molar-refractivity contribution is -0.137. The molecular weight excluding hydrogens is 426 g/mol. The summed E-state index contributed by atoms with van der Waals surface area (Å²) in [6, 6.07) is 20.0. The van der Waals surface area contributed by atoms with E-state index >= 15 is 0 Å². The molecule has 2 aromatic heterocycles. The van der Waals surface area contributed by atoms with Gasteiger partial charge in [-0.15, -0.1) is 0 Å². The van der Waals surface area contributed by atoms with Crippen molar-refractivity contribution in [1.29, 1.82) is 0 Å². The third-order valence-electron chi connectivity index (χ3n) is 6.39. The van der Waals surface area contributed by atoms with Crippen LogP contribution in [-0.4, -0.2) is 33.8 Å². The van der Waals surface area contributed by atoms with E-state index in [1.807, 2.05) is 60.2 Å². The van der Waals surface area contributed by atoms with Crippen LogP contribution >= 0.6 is 0 Å². The molecule has 4 aromatic rings. The minimum atomic E-state index is -0.820. The monoisotopic (exact) mass is 455 g/mol. The molecule has 174 valence electrons. The largest absolute Gasteiger partial charge is 0.493 e. The fraction of sp³-hybridized carbons (Fsp3) is 0.286. The highest BCUT2D eigenvalue weighted by Gasteiger charge is 2.19. The highest BCUT2D eigenvalue weighted by molar-refractivity contribution is 5.82. The van der Waals surface area contributed by atoms with Crippen LogP contribution in [-0.2, 0) is 17.6 Å². The number of nitrogens with zero attached hydrogens (tertiary/aromatic N) is 2. The SMILES string of the molecule is Cc1cccc(C(CC(=O)O)n2ccc3cc(OCCc4ccc5c(n4)CCCN5)ccc32)c1. The van der Waals surface area contributed by atoms with Crippen LogP contribution in [0.1, 0.15) is 41.4 Å². The van der Waals surface area contributed by atoms with E-state index in [4.69, 9.17) is 9.72 Å². The number of rotatable bonds is 8. The van der Waals surface area contributed by atoms with Gasteiger partial charge in [0.1, 0.15) is 5.75 Å². The quantitative estimate of drug-likeness (QED) is 0.373. The van der Waals surface area contributed by atoms with E-state index in [1.54, 1.807) is 0 Å². The van der Waals surface area contributed by atoms with E-state index in [0.717, 1.165) is 70.7 Å². The van der Waals surface area contributed by atoms with Crippen molar-refractivity contribution in [2.75, 3.05) is 18.5 Å². The van der Waals surface area contributed by atoms with Gasteiger partial charge in [0, 0.05) is 35.8 Å². The molecule has 0 saturated heterocycles. The summed E-state index contributed by atoms with van der Waals surface area (Å²) >= 11 is 0. The number of nitrogens with one attached hydrogen (secondary N) is 1. The Balaban J connectivity index is 1.31. The number of aliphatic carboxylic acids is 1. The van der Waals surface area contributed by atoms with Gasteiger partial charge in [0.15, 0.2) is 0 Å². The Morgan fingerprint density at radius 1 is 1.18 bits per heavy atom. The Kier molecular flexibility index (Phi) is 6.21. The molecule has 5 rings (SSSR count). The molecule has 0 spiro atoms. The second-order valence-corrected chi connectivity index (χ2v) is 8.90. The minimum Gasteiger partial charge on any atom is -0.493 e. The van der Waals surface area contributed by atoms with Crippen molar-refractivity contribution in [3.8, 4) is 5.75 Å². The van der Waals surface area contributed by atoms with Crippen LogP contribution < -0.4 is 10.1 Å². The Labute approximate surface area is 199 Å². The van der Waals surface area contributed by atoms with Crippen molar-refractivity contribution in [3.05, 3.63) is 89.4 Å². The van der Waals surface area contributed by atoms with Gasteiger partial charge in [-0.1, -0.05) is 29.8 Å². The van der Waals surface area contributed by atoms with Crippen molar-refractivity contribution >= 4 is 22.6 Å². The van der Waals surface area contributed by atoms with Crippen molar-refractivity contribution in [2.45, 2.75) is 38.6 Å². The standard InChI is InChI=1S/C28H29N3O3/c1-19-4-2-5-20(16-19)27(18-28(32)33)31-14-11-21-17-23(8-10-26(21)31)34-15-12-22-7-9-24-25(30-22)6-3-13-29-24/h2,4-5,7-11,14,16-17,27,29H,3,6,12-13,15,18H2,1H3,(H,32,33). The molecule has 0 bridgehead atoms. The molecule has 6 heteroatoms. The van der Waals surface area contributed by atoms with Crippen molar-refractivity contribution in [1.82, 2.24) is 9.55 Å². The first kappa shape index (κ1) is 22.0. The number of aryl methyl sites for hydroxylation is 2. The molecule has 0 aliphatic carbocycles. The maximum Gasteiger partial charge on any atom is 0.305 e. The van der Waals surface area contributed by atoms with Crippen LogP contribution in [0.25, 0.3) is 10.9 Å². The van der Waals surface area contributed by atoms with Gasteiger partial charge in [-0.3, -0.25) is 9.78 Å². The first-order valence-electron chi connectivity index (χ1n) is 11.8. The molecule has 0 radical (unpaired) electrons. The number of ether oxygens (including phenoxy) is 1. The van der Waals surface area contributed by atoms with Crippen LogP contribution in [0, 0.1) is 6.92 Å². The second kappa shape index (κ2) is 9.59. The molecule has 6 nitrogen and oxygen atoms in total. The smallest absolute Gasteiger partial charge is 0.305 e. The number of fused-ring (bicyclic) bond motifs is 2. The van der Waals surface area contributed by atoms with Gasteiger partial charge in [0.25, 0.3) is 0 Å². The van der Waals surface area contributed by atoms with Crippen LogP contribution in [0.5, 0.6) is 5.75 Å². The summed E-state index contributed by atoms with van der Waals surface area (Å²) in [5.74, 6) is -0.0184. The molecule has 1 aliphatic rings. The average Bonchev–Trinajstić information content (AvgIpc) is 3.25. The van der Waals surface area contributed by atoms with E-state index in [0.29, 0.717) is 6.61 Å². The van der Waals surface area contributed by atoms with Crippen molar-refractivity contribution < 1.29 is 14.6 Å². The van der Waals surface area contributed by atoms with Gasteiger partial charge >= 0.3 is 5.97 Å². The predicted octanol–water partition coefficient (Wildman–Crippen LogP) is 5.39. The lowest BCUT2D eigenvalue weighted by Gasteiger charge is -2.20. The Morgan fingerprint density at radius 2 is 2.09 bits per heavy atom. The van der Waals surface area contributed by atoms with E-state index in [2.05, 4.69) is 23.5 Å². The van der Waals surface area contributed by atoms with Crippen LogP contribution in [0.15, 0.2) is 66.9 Å². The van der Waals surface area contributed by atoms with Crippen molar-refractivity contribution in [3.63, 3.8) is 0 Å². The fourth-order valence-corrected chi connectivity index (χ4v) is 4.71. The molecule has 0 fully saturated rings. The van der Waals surface area contributed by atoms with E-state index in [-0.39, 0.29) is 12.5 Å². The Bertz CT molecular complexity index is 1330. The van der Waals surface area contributed by atoms with Crippen LogP contribution in [0.2, 0.25) is 0 Å². The van der Waals surface area contributed by atoms with Gasteiger partial charge in [0.05, 0.1) is 30.5 Å². The van der Waals surface area contributed by atoms with Gasteiger partial charge in [-0.25, -0.2) is 0 Å². The molecule has 1 aliphatic heterocycles. The first-order chi connectivity index (χ1) is 16.6. The highest BCUT2D eigenvalue weighted by Crippen LogP contribution is 2.30.